The number of aliphatic hydroxyl groups is 1. The number of carbonyl (C=O) groups is 1. The van der Waals surface area contributed by atoms with Gasteiger partial charge < -0.3 is 26.8 Å². The van der Waals surface area contributed by atoms with Gasteiger partial charge >= 0.3 is 5.97 Å². The highest BCUT2D eigenvalue weighted by Crippen LogP contribution is 2.00. The Morgan fingerprint density at radius 3 is 2.50 bits per heavy atom. The number of ether oxygens (including phenoxy) is 1. The van der Waals surface area contributed by atoms with Crippen LogP contribution in [-0.2, 0) is 9.53 Å². The first-order valence-corrected chi connectivity index (χ1v) is 4.16. The van der Waals surface area contributed by atoms with Crippen molar-refractivity contribution >= 4 is 5.97 Å². The molecule has 0 fully saturated rings. The lowest BCUT2D eigenvalue weighted by atomic mass is 10.3. The lowest BCUT2D eigenvalue weighted by molar-refractivity contribution is -0.909. The number of hydrogen-bond donors (Lipinski definition) is 1. The molecule has 0 saturated carbocycles. The zero-order valence-corrected chi connectivity index (χ0v) is 10.5. The molecular weight excluding hydrogens is 250 g/mol. The van der Waals surface area contributed by atoms with Gasteiger partial charge in [0, 0.05) is 6.08 Å². The number of likely N-dealkylation sites (N-methyl/N-ethyl adjacent to an activating group) is 1. The third-order valence-electron chi connectivity index (χ3n) is 1.48. The molecule has 0 aromatic heterocycles. The second-order valence-electron chi connectivity index (χ2n) is 3.76. The van der Waals surface area contributed by atoms with E-state index in [4.69, 9.17) is 9.84 Å². The van der Waals surface area contributed by atoms with E-state index in [2.05, 4.69) is 6.58 Å². The van der Waals surface area contributed by atoms with Crippen molar-refractivity contribution < 1.29 is 36.1 Å². The number of aliphatic hydroxyl groups excluding tert-OH is 1. The molecule has 0 aromatic rings. The Bertz CT molecular complexity index is 192. The molecule has 0 saturated heterocycles. The van der Waals surface area contributed by atoms with Crippen molar-refractivity contribution in [3.63, 3.8) is 0 Å². The van der Waals surface area contributed by atoms with Gasteiger partial charge in [-0.25, -0.2) is 4.79 Å². The predicted octanol–water partition coefficient (Wildman–Crippen LogP) is -2.87. The van der Waals surface area contributed by atoms with Crippen LogP contribution in [-0.4, -0.2) is 49.0 Å². The van der Waals surface area contributed by atoms with Crippen LogP contribution in [0.4, 0.5) is 0 Å². The van der Waals surface area contributed by atoms with E-state index in [0.717, 1.165) is 6.08 Å². The summed E-state index contributed by atoms with van der Waals surface area (Å²) in [4.78, 5) is 10.7. The van der Waals surface area contributed by atoms with Gasteiger partial charge in [-0.3, -0.25) is 4.48 Å². The molecule has 0 spiro atoms. The highest BCUT2D eigenvalue weighted by molar-refractivity contribution is 5.81. The van der Waals surface area contributed by atoms with Crippen LogP contribution in [0.25, 0.3) is 0 Å². The van der Waals surface area contributed by atoms with Gasteiger partial charge in [-0.15, -0.1) is 0 Å². The maximum absolute atomic E-state index is 10.7. The maximum Gasteiger partial charge on any atom is 0.334 e. The van der Waals surface area contributed by atoms with Crippen molar-refractivity contribution in [1.29, 1.82) is 0 Å². The molecule has 14 heavy (non-hydrogen) atoms. The van der Waals surface area contributed by atoms with E-state index in [1.165, 1.54) is 0 Å². The number of hydrogen-bond acceptors (Lipinski definition) is 3. The van der Waals surface area contributed by atoms with E-state index >= 15 is 0 Å². The molecule has 84 valence electrons. The van der Waals surface area contributed by atoms with Crippen molar-refractivity contribution in [1.82, 2.24) is 0 Å². The van der Waals surface area contributed by atoms with E-state index in [1.54, 1.807) is 6.92 Å². The summed E-state index contributed by atoms with van der Waals surface area (Å²) in [5, 5.41) is 9.13. The normalized spacial score (nSPS) is 12.6. The summed E-state index contributed by atoms with van der Waals surface area (Å²) in [7, 11) is 3.76. The Morgan fingerprint density at radius 1 is 1.64 bits per heavy atom. The van der Waals surface area contributed by atoms with Crippen LogP contribution in [0.5, 0.6) is 0 Å². The summed E-state index contributed by atoms with van der Waals surface area (Å²) in [6.07, 6.45) is 0.722. The Labute approximate surface area is 95.5 Å². The van der Waals surface area contributed by atoms with E-state index in [-0.39, 0.29) is 23.7 Å². The summed E-state index contributed by atoms with van der Waals surface area (Å²) >= 11 is 0. The molecule has 1 unspecified atom stereocenters. The van der Waals surface area contributed by atoms with Crippen LogP contribution in [0.3, 0.4) is 0 Å². The quantitative estimate of drug-likeness (QED) is 0.252. The zero-order chi connectivity index (χ0) is 10.5. The number of rotatable bonds is 5. The monoisotopic (exact) mass is 267 g/mol. The minimum atomic E-state index is -0.434. The second-order valence-corrected chi connectivity index (χ2v) is 3.76. The maximum atomic E-state index is 10.7. The fourth-order valence-corrected chi connectivity index (χ4v) is 1.07. The van der Waals surface area contributed by atoms with Gasteiger partial charge in [0.25, 0.3) is 0 Å². The molecule has 1 N–H and O–H groups in total. The molecule has 0 heterocycles. The smallest absolute Gasteiger partial charge is 0.334 e. The van der Waals surface area contributed by atoms with Crippen LogP contribution in [0, 0.1) is 0 Å². The molecule has 0 amide bonds. The third-order valence-corrected chi connectivity index (χ3v) is 1.48. The van der Waals surface area contributed by atoms with E-state index < -0.39 is 12.1 Å². The first-order valence-electron chi connectivity index (χ1n) is 4.16. The van der Waals surface area contributed by atoms with Crippen LogP contribution >= 0.6 is 0 Å². The molecule has 0 bridgehead atoms. The van der Waals surface area contributed by atoms with E-state index in [1.807, 2.05) is 14.1 Å². The minimum Gasteiger partial charge on any atom is -1.00 e. The zero-order valence-electron chi connectivity index (χ0n) is 8.86. The molecule has 0 aliphatic heterocycles. The number of halogens is 1. The third kappa shape index (κ3) is 8.22. The Hall–Kier alpha value is -0.390. The van der Waals surface area contributed by atoms with Gasteiger partial charge in [0.15, 0.2) is 0 Å². The highest BCUT2D eigenvalue weighted by atomic mass is 79.9. The number of quaternary nitrogens is 1. The topological polar surface area (TPSA) is 46.5 Å². The van der Waals surface area contributed by atoms with Gasteiger partial charge in [-0.1, -0.05) is 6.58 Å². The molecule has 5 heteroatoms. The first-order chi connectivity index (χ1) is 5.87. The fourth-order valence-electron chi connectivity index (χ4n) is 1.07. The fraction of sp³-hybridized carbons (Fsp3) is 0.667. The molecule has 0 aliphatic rings. The average Bonchev–Trinajstić information content (AvgIpc) is 1.98. The molecular formula is C9H18BrNO3. The summed E-state index contributed by atoms with van der Waals surface area (Å²) in [5.74, 6) is -0.434. The van der Waals surface area contributed by atoms with Crippen LogP contribution in [0.2, 0.25) is 0 Å². The van der Waals surface area contributed by atoms with Crippen molar-refractivity contribution in [2.24, 2.45) is 0 Å². The summed E-state index contributed by atoms with van der Waals surface area (Å²) in [6.45, 7) is 5.79. The second kappa shape index (κ2) is 6.98. The van der Waals surface area contributed by atoms with Gasteiger partial charge in [0.05, 0.1) is 14.1 Å². The lowest BCUT2D eigenvalue weighted by Gasteiger charge is -2.29. The van der Waals surface area contributed by atoms with Crippen LogP contribution in [0.15, 0.2) is 12.7 Å². The molecule has 1 atom stereocenters. The van der Waals surface area contributed by atoms with E-state index in [0.29, 0.717) is 11.0 Å². The standard InChI is InChI=1S/C9H18NO3.BrH/c1-5-9(12)13-7-10(3,4)6-8(2)11;/h5,8,11H,1,6-7H2,2-4H3;1H/q+1;/p-1. The van der Waals surface area contributed by atoms with Crippen LogP contribution < -0.4 is 17.0 Å². The van der Waals surface area contributed by atoms with E-state index in [9.17, 15) is 4.79 Å². The van der Waals surface area contributed by atoms with Crippen molar-refractivity contribution in [3.8, 4) is 0 Å². The molecule has 4 nitrogen and oxygen atoms in total. The molecule has 0 aromatic carbocycles. The van der Waals surface area contributed by atoms with Gasteiger partial charge in [-0.05, 0) is 6.92 Å². The SMILES string of the molecule is C=CC(=O)OC[N+](C)(C)CC(C)O.[Br-]. The highest BCUT2D eigenvalue weighted by Gasteiger charge is 2.19. The molecule has 0 radical (unpaired) electrons. The number of esters is 1. The Balaban J connectivity index is 0. The average molecular weight is 268 g/mol. The predicted molar refractivity (Wildman–Crippen MR) is 49.8 cm³/mol. The summed E-state index contributed by atoms with van der Waals surface area (Å²) < 4.78 is 5.30. The van der Waals surface area contributed by atoms with Gasteiger partial charge in [-0.2, -0.15) is 0 Å². The number of nitrogens with zero attached hydrogens (tertiary/aromatic N) is 1. The lowest BCUT2D eigenvalue weighted by Crippen LogP contribution is -3.00. The van der Waals surface area contributed by atoms with Gasteiger partial charge in [0.1, 0.15) is 12.6 Å². The number of carbonyl (C=O) groups excluding carboxylic acids is 1. The summed E-state index contributed by atoms with van der Waals surface area (Å²) in [5.41, 5.74) is 0. The largest absolute Gasteiger partial charge is 1.00 e. The first kappa shape index (κ1) is 16.1. The Morgan fingerprint density at radius 2 is 2.14 bits per heavy atom. The molecule has 0 aliphatic carbocycles. The Kier molecular flexibility index (Phi) is 8.00. The van der Waals surface area contributed by atoms with Crippen molar-refractivity contribution in [3.05, 3.63) is 12.7 Å². The molecule has 0 rings (SSSR count). The summed E-state index contributed by atoms with van der Waals surface area (Å²) in [6, 6.07) is 0. The van der Waals surface area contributed by atoms with Crippen molar-refractivity contribution in [2.75, 3.05) is 27.4 Å². The van der Waals surface area contributed by atoms with Crippen LogP contribution in [0.1, 0.15) is 6.92 Å². The van der Waals surface area contributed by atoms with Crippen molar-refractivity contribution in [2.45, 2.75) is 13.0 Å². The van der Waals surface area contributed by atoms with Gasteiger partial charge in [0.2, 0.25) is 6.73 Å². The minimum absolute atomic E-state index is 0.